The molecule has 3 aromatic rings. The summed E-state index contributed by atoms with van der Waals surface area (Å²) in [4.78, 5) is 16.7. The second-order valence-corrected chi connectivity index (χ2v) is 7.84. The first-order valence-electron chi connectivity index (χ1n) is 9.82. The minimum absolute atomic E-state index is 0.222. The van der Waals surface area contributed by atoms with E-state index in [1.165, 1.54) is 0 Å². The van der Waals surface area contributed by atoms with Gasteiger partial charge in [-0.2, -0.15) is 0 Å². The maximum absolute atomic E-state index is 12.5. The Morgan fingerprint density at radius 1 is 0.968 bits per heavy atom. The zero-order valence-electron chi connectivity index (χ0n) is 17.6. The lowest BCUT2D eigenvalue weighted by molar-refractivity contribution is -0.134. The van der Waals surface area contributed by atoms with Crippen LogP contribution in [0.1, 0.15) is 19.4 Å². The van der Waals surface area contributed by atoms with Crippen molar-refractivity contribution in [1.82, 2.24) is 20.5 Å². The molecular formula is C22H25ClN6O2. The highest BCUT2D eigenvalue weighted by molar-refractivity contribution is 6.30. The smallest absolute Gasteiger partial charge is 0.263 e. The molecule has 0 radical (unpaired) electrons. The number of carbonyl (C=O) groups excluding carboxylic acids is 1. The molecule has 162 valence electrons. The molecule has 0 bridgehead atoms. The van der Waals surface area contributed by atoms with Crippen LogP contribution >= 0.6 is 11.6 Å². The quantitative estimate of drug-likeness (QED) is 0.433. The molecule has 0 saturated carbocycles. The van der Waals surface area contributed by atoms with Crippen LogP contribution in [-0.2, 0) is 4.79 Å². The SMILES string of the molecule is Cc1ccc(Nc2ccc(NCCNC(=O)C(C)(C)Oc3ccc(Cl)cc3)nn2)nc1. The summed E-state index contributed by atoms with van der Waals surface area (Å²) < 4.78 is 5.78. The van der Waals surface area contributed by atoms with E-state index in [0.29, 0.717) is 41.3 Å². The van der Waals surface area contributed by atoms with Gasteiger partial charge in [-0.1, -0.05) is 17.7 Å². The first kappa shape index (κ1) is 22.3. The molecule has 0 aliphatic rings. The lowest BCUT2D eigenvalue weighted by Crippen LogP contribution is -2.47. The molecule has 3 N–H and O–H groups in total. The van der Waals surface area contributed by atoms with Crippen molar-refractivity contribution in [2.75, 3.05) is 23.7 Å². The van der Waals surface area contributed by atoms with Crippen LogP contribution in [0.25, 0.3) is 0 Å². The van der Waals surface area contributed by atoms with Crippen LogP contribution < -0.4 is 20.7 Å². The second kappa shape index (κ2) is 10.1. The Kier molecular flexibility index (Phi) is 7.25. The number of pyridine rings is 1. The standard InChI is InChI=1S/C22H25ClN6O2/c1-15-4-9-18(26-14-15)27-20-11-10-19(28-29-20)24-12-13-25-21(30)22(2,3)31-17-7-5-16(23)6-8-17/h4-11,14H,12-13H2,1-3H3,(H,24,28)(H,25,30)(H,26,27,29). The van der Waals surface area contributed by atoms with Crippen molar-refractivity contribution >= 4 is 35.0 Å². The van der Waals surface area contributed by atoms with Gasteiger partial charge < -0.3 is 20.7 Å². The van der Waals surface area contributed by atoms with Crippen molar-refractivity contribution in [3.63, 3.8) is 0 Å². The van der Waals surface area contributed by atoms with E-state index in [1.807, 2.05) is 19.1 Å². The van der Waals surface area contributed by atoms with Crippen molar-refractivity contribution in [2.24, 2.45) is 0 Å². The van der Waals surface area contributed by atoms with Crippen LogP contribution in [0.2, 0.25) is 5.02 Å². The van der Waals surface area contributed by atoms with Gasteiger partial charge in [-0.25, -0.2) is 4.98 Å². The van der Waals surface area contributed by atoms with Crippen molar-refractivity contribution < 1.29 is 9.53 Å². The number of halogens is 1. The summed E-state index contributed by atoms with van der Waals surface area (Å²) in [7, 11) is 0. The van der Waals surface area contributed by atoms with Crippen LogP contribution in [0.15, 0.2) is 54.7 Å². The van der Waals surface area contributed by atoms with E-state index in [2.05, 4.69) is 31.1 Å². The Morgan fingerprint density at radius 2 is 1.65 bits per heavy atom. The molecule has 2 heterocycles. The number of ether oxygens (including phenoxy) is 1. The minimum Gasteiger partial charge on any atom is -0.478 e. The van der Waals surface area contributed by atoms with Gasteiger partial charge in [0, 0.05) is 24.3 Å². The van der Waals surface area contributed by atoms with Crippen molar-refractivity contribution in [3.05, 3.63) is 65.3 Å². The lowest BCUT2D eigenvalue weighted by Gasteiger charge is -2.25. The molecule has 0 atom stereocenters. The fourth-order valence-corrected chi connectivity index (χ4v) is 2.72. The van der Waals surface area contributed by atoms with Gasteiger partial charge >= 0.3 is 0 Å². The summed E-state index contributed by atoms with van der Waals surface area (Å²) >= 11 is 5.87. The van der Waals surface area contributed by atoms with E-state index in [4.69, 9.17) is 16.3 Å². The molecule has 0 fully saturated rings. The molecule has 0 unspecified atom stereocenters. The Labute approximate surface area is 186 Å². The third-order valence-corrected chi connectivity index (χ3v) is 4.53. The van der Waals surface area contributed by atoms with Gasteiger partial charge in [0.25, 0.3) is 5.91 Å². The predicted octanol–water partition coefficient (Wildman–Crippen LogP) is 3.96. The first-order valence-corrected chi connectivity index (χ1v) is 10.2. The highest BCUT2D eigenvalue weighted by atomic mass is 35.5. The molecule has 31 heavy (non-hydrogen) atoms. The number of aryl methyl sites for hydroxylation is 1. The van der Waals surface area contributed by atoms with E-state index >= 15 is 0 Å². The molecule has 2 aromatic heterocycles. The topological polar surface area (TPSA) is 101 Å². The van der Waals surface area contributed by atoms with E-state index < -0.39 is 5.60 Å². The lowest BCUT2D eigenvalue weighted by atomic mass is 10.1. The zero-order valence-corrected chi connectivity index (χ0v) is 18.4. The number of nitrogens with zero attached hydrogens (tertiary/aromatic N) is 3. The molecule has 0 aliphatic heterocycles. The fourth-order valence-electron chi connectivity index (χ4n) is 2.59. The average Bonchev–Trinajstić information content (AvgIpc) is 2.75. The molecular weight excluding hydrogens is 416 g/mol. The molecule has 0 spiro atoms. The second-order valence-electron chi connectivity index (χ2n) is 7.40. The first-order chi connectivity index (χ1) is 14.8. The molecule has 0 saturated heterocycles. The van der Waals surface area contributed by atoms with Crippen molar-refractivity contribution in [1.29, 1.82) is 0 Å². The molecule has 8 nitrogen and oxygen atoms in total. The molecule has 3 rings (SSSR count). The van der Waals surface area contributed by atoms with Crippen LogP contribution in [0.4, 0.5) is 17.5 Å². The Balaban J connectivity index is 1.41. The maximum atomic E-state index is 12.5. The molecule has 1 aromatic carbocycles. The number of benzene rings is 1. The summed E-state index contributed by atoms with van der Waals surface area (Å²) in [6.45, 7) is 6.30. The van der Waals surface area contributed by atoms with Gasteiger partial charge in [0.05, 0.1) is 0 Å². The summed E-state index contributed by atoms with van der Waals surface area (Å²) in [6.07, 6.45) is 1.78. The van der Waals surface area contributed by atoms with Crippen molar-refractivity contribution in [2.45, 2.75) is 26.4 Å². The normalized spacial score (nSPS) is 11.0. The third kappa shape index (κ3) is 6.82. The third-order valence-electron chi connectivity index (χ3n) is 4.28. The van der Waals surface area contributed by atoms with Gasteiger partial charge in [-0.3, -0.25) is 4.79 Å². The van der Waals surface area contributed by atoms with E-state index in [0.717, 1.165) is 5.56 Å². The maximum Gasteiger partial charge on any atom is 0.263 e. The van der Waals surface area contributed by atoms with E-state index in [1.54, 1.807) is 56.4 Å². The van der Waals surface area contributed by atoms with Crippen molar-refractivity contribution in [3.8, 4) is 5.75 Å². The average molecular weight is 441 g/mol. The highest BCUT2D eigenvalue weighted by Gasteiger charge is 2.29. The fraction of sp³-hybridized carbons (Fsp3) is 0.273. The van der Waals surface area contributed by atoms with Crippen LogP contribution in [-0.4, -0.2) is 39.8 Å². The van der Waals surface area contributed by atoms with Gasteiger partial charge in [-0.05, 0) is 68.8 Å². The molecule has 1 amide bonds. The number of aromatic nitrogens is 3. The van der Waals surface area contributed by atoms with Gasteiger partial charge in [0.2, 0.25) is 0 Å². The summed E-state index contributed by atoms with van der Waals surface area (Å²) in [5, 5.41) is 17.9. The largest absolute Gasteiger partial charge is 0.478 e. The van der Waals surface area contributed by atoms with Crippen LogP contribution in [0.5, 0.6) is 5.75 Å². The summed E-state index contributed by atoms with van der Waals surface area (Å²) in [5.74, 6) is 2.25. The van der Waals surface area contributed by atoms with Crippen LogP contribution in [0.3, 0.4) is 0 Å². The number of carbonyl (C=O) groups is 1. The number of rotatable bonds is 9. The summed E-state index contributed by atoms with van der Waals surface area (Å²) in [6, 6.07) is 14.3. The van der Waals surface area contributed by atoms with E-state index in [9.17, 15) is 4.79 Å². The van der Waals surface area contributed by atoms with Gasteiger partial charge in [0.1, 0.15) is 17.4 Å². The zero-order chi connectivity index (χ0) is 22.3. The monoisotopic (exact) mass is 440 g/mol. The molecule has 0 aliphatic carbocycles. The van der Waals surface area contributed by atoms with Crippen LogP contribution in [0, 0.1) is 6.92 Å². The highest BCUT2D eigenvalue weighted by Crippen LogP contribution is 2.21. The van der Waals surface area contributed by atoms with E-state index in [-0.39, 0.29) is 5.91 Å². The predicted molar refractivity (Wildman–Crippen MR) is 122 cm³/mol. The number of amides is 1. The Morgan fingerprint density at radius 3 is 2.29 bits per heavy atom. The van der Waals surface area contributed by atoms with Gasteiger partial charge in [0.15, 0.2) is 11.4 Å². The summed E-state index contributed by atoms with van der Waals surface area (Å²) in [5.41, 5.74) is 0.0634. The molecule has 9 heteroatoms. The van der Waals surface area contributed by atoms with Gasteiger partial charge in [-0.15, -0.1) is 10.2 Å². The number of nitrogens with one attached hydrogen (secondary N) is 3. The Bertz CT molecular complexity index is 992. The number of anilines is 3. The number of hydrogen-bond acceptors (Lipinski definition) is 7. The number of hydrogen-bond donors (Lipinski definition) is 3. The minimum atomic E-state index is -1.02. The Hall–Kier alpha value is -3.39.